The maximum absolute atomic E-state index is 11.7. The van der Waals surface area contributed by atoms with Crippen molar-refractivity contribution in [2.75, 3.05) is 14.2 Å². The smallest absolute Gasteiger partial charge is 0.246 e. The number of likely N-dealkylation sites (tertiary alicyclic amines) is 1. The van der Waals surface area contributed by atoms with Crippen LogP contribution in [0.4, 0.5) is 0 Å². The van der Waals surface area contributed by atoms with E-state index in [1.165, 1.54) is 11.9 Å². The molecule has 2 aliphatic rings. The van der Waals surface area contributed by atoms with E-state index in [2.05, 4.69) is 5.32 Å². The summed E-state index contributed by atoms with van der Waals surface area (Å²) in [6, 6.07) is -0.142. The Bertz CT molecular complexity index is 306. The highest BCUT2D eigenvalue weighted by Gasteiger charge is 2.39. The summed E-state index contributed by atoms with van der Waals surface area (Å²) in [5.41, 5.74) is 0. The van der Waals surface area contributed by atoms with Gasteiger partial charge in [0.05, 0.1) is 18.6 Å². The summed E-state index contributed by atoms with van der Waals surface area (Å²) < 4.78 is 5.35. The molecule has 1 saturated carbocycles. The van der Waals surface area contributed by atoms with E-state index in [1.54, 1.807) is 7.11 Å². The molecule has 0 aromatic heterocycles. The highest BCUT2D eigenvalue weighted by atomic mass is 16.5. The van der Waals surface area contributed by atoms with Gasteiger partial charge in [-0.05, 0) is 19.3 Å². The summed E-state index contributed by atoms with van der Waals surface area (Å²) in [6.45, 7) is 0. The fourth-order valence-corrected chi connectivity index (χ4v) is 2.54. The van der Waals surface area contributed by atoms with Crippen LogP contribution in [0.5, 0.6) is 0 Å². The Hall–Kier alpha value is -0.940. The first-order valence-electron chi connectivity index (χ1n) is 5.72. The molecule has 0 aromatic rings. The number of carbonyl (C=O) groups excluding carboxylic acids is 2. The standard InChI is InChI=1S/C11H18N2O3/c1-13-10(14)6-8(11(13)15)12-7-4-3-5-9(7)16-2/h7-9,12H,3-6H2,1-2H3. The zero-order chi connectivity index (χ0) is 11.7. The summed E-state index contributed by atoms with van der Waals surface area (Å²) in [7, 11) is 3.23. The van der Waals surface area contributed by atoms with Gasteiger partial charge in [0.1, 0.15) is 0 Å². The third-order valence-corrected chi connectivity index (χ3v) is 3.55. The third kappa shape index (κ3) is 1.97. The predicted octanol–water partition coefficient (Wildman–Crippen LogP) is -0.0992. The van der Waals surface area contributed by atoms with Crippen molar-refractivity contribution >= 4 is 11.8 Å². The molecule has 2 fully saturated rings. The molecule has 1 saturated heterocycles. The van der Waals surface area contributed by atoms with E-state index in [0.717, 1.165) is 19.3 Å². The second-order valence-electron chi connectivity index (χ2n) is 4.53. The van der Waals surface area contributed by atoms with E-state index in [9.17, 15) is 9.59 Å². The number of imide groups is 1. The lowest BCUT2D eigenvalue weighted by Crippen LogP contribution is -2.46. The summed E-state index contributed by atoms with van der Waals surface area (Å²) in [4.78, 5) is 24.3. The Balaban J connectivity index is 1.95. The van der Waals surface area contributed by atoms with Crippen LogP contribution in [-0.2, 0) is 14.3 Å². The molecule has 1 N–H and O–H groups in total. The normalized spacial score (nSPS) is 35.1. The van der Waals surface area contributed by atoms with Crippen LogP contribution in [0.25, 0.3) is 0 Å². The zero-order valence-electron chi connectivity index (χ0n) is 9.73. The quantitative estimate of drug-likeness (QED) is 0.683. The van der Waals surface area contributed by atoms with Gasteiger partial charge in [0.2, 0.25) is 11.8 Å². The number of methoxy groups -OCH3 is 1. The van der Waals surface area contributed by atoms with Gasteiger partial charge in [-0.3, -0.25) is 14.5 Å². The Kier molecular flexibility index (Phi) is 3.25. The minimum absolute atomic E-state index is 0.102. The van der Waals surface area contributed by atoms with Gasteiger partial charge in [-0.2, -0.15) is 0 Å². The molecule has 0 spiro atoms. The van der Waals surface area contributed by atoms with Gasteiger partial charge >= 0.3 is 0 Å². The predicted molar refractivity (Wildman–Crippen MR) is 57.8 cm³/mol. The molecule has 1 heterocycles. The van der Waals surface area contributed by atoms with E-state index in [4.69, 9.17) is 4.74 Å². The highest BCUT2D eigenvalue weighted by molar-refractivity contribution is 6.05. The highest BCUT2D eigenvalue weighted by Crippen LogP contribution is 2.23. The van der Waals surface area contributed by atoms with Crippen LogP contribution in [-0.4, -0.2) is 49.1 Å². The summed E-state index contributed by atoms with van der Waals surface area (Å²) in [5, 5.41) is 3.25. The minimum Gasteiger partial charge on any atom is -0.380 e. The van der Waals surface area contributed by atoms with Crippen molar-refractivity contribution in [1.29, 1.82) is 0 Å². The van der Waals surface area contributed by atoms with Crippen molar-refractivity contribution in [3.63, 3.8) is 0 Å². The van der Waals surface area contributed by atoms with Crippen LogP contribution in [0.2, 0.25) is 0 Å². The molecular weight excluding hydrogens is 208 g/mol. The number of hydrogen-bond donors (Lipinski definition) is 1. The lowest BCUT2D eigenvalue weighted by molar-refractivity contribution is -0.137. The number of likely N-dealkylation sites (N-methyl/N-ethyl adjacent to an activating group) is 1. The second-order valence-corrected chi connectivity index (χ2v) is 4.53. The van der Waals surface area contributed by atoms with E-state index in [1.807, 2.05) is 0 Å². The number of nitrogens with zero attached hydrogens (tertiary/aromatic N) is 1. The van der Waals surface area contributed by atoms with Crippen LogP contribution < -0.4 is 5.32 Å². The van der Waals surface area contributed by atoms with Crippen LogP contribution in [0.1, 0.15) is 25.7 Å². The van der Waals surface area contributed by atoms with Crippen molar-refractivity contribution in [2.24, 2.45) is 0 Å². The van der Waals surface area contributed by atoms with Crippen LogP contribution >= 0.6 is 0 Å². The number of hydrogen-bond acceptors (Lipinski definition) is 4. The average molecular weight is 226 g/mol. The molecule has 3 unspecified atom stereocenters. The molecule has 90 valence electrons. The molecule has 3 atom stereocenters. The monoisotopic (exact) mass is 226 g/mol. The van der Waals surface area contributed by atoms with Crippen molar-refractivity contribution in [1.82, 2.24) is 10.2 Å². The van der Waals surface area contributed by atoms with Gasteiger partial charge in [-0.15, -0.1) is 0 Å². The molecule has 0 radical (unpaired) electrons. The second kappa shape index (κ2) is 4.51. The van der Waals surface area contributed by atoms with Gasteiger partial charge in [-0.25, -0.2) is 0 Å². The average Bonchev–Trinajstić information content (AvgIpc) is 2.81. The maximum Gasteiger partial charge on any atom is 0.246 e. The number of carbonyl (C=O) groups is 2. The number of nitrogens with one attached hydrogen (secondary N) is 1. The zero-order valence-corrected chi connectivity index (χ0v) is 9.73. The molecule has 2 amide bonds. The molecule has 0 aromatic carbocycles. The fourth-order valence-electron chi connectivity index (χ4n) is 2.54. The topological polar surface area (TPSA) is 58.6 Å². The molecule has 1 aliphatic carbocycles. The SMILES string of the molecule is COC1CCCC1NC1CC(=O)N(C)C1=O. The van der Waals surface area contributed by atoms with Gasteiger partial charge in [0.25, 0.3) is 0 Å². The minimum atomic E-state index is -0.349. The van der Waals surface area contributed by atoms with Gasteiger partial charge in [-0.1, -0.05) is 0 Å². The maximum atomic E-state index is 11.7. The first kappa shape index (κ1) is 11.5. The Morgan fingerprint density at radius 1 is 1.38 bits per heavy atom. The fraction of sp³-hybridized carbons (Fsp3) is 0.818. The number of amides is 2. The summed E-state index contributed by atoms with van der Waals surface area (Å²) in [6.07, 6.45) is 3.61. The van der Waals surface area contributed by atoms with Crippen LogP contribution in [0.3, 0.4) is 0 Å². The molecule has 0 bridgehead atoms. The lowest BCUT2D eigenvalue weighted by atomic mass is 10.1. The molecular formula is C11H18N2O3. The third-order valence-electron chi connectivity index (χ3n) is 3.55. The first-order chi connectivity index (χ1) is 7.63. The van der Waals surface area contributed by atoms with E-state index >= 15 is 0 Å². The van der Waals surface area contributed by atoms with Gasteiger partial charge in [0.15, 0.2) is 0 Å². The van der Waals surface area contributed by atoms with E-state index in [0.29, 0.717) is 0 Å². The Morgan fingerprint density at radius 2 is 2.12 bits per heavy atom. The summed E-state index contributed by atoms with van der Waals surface area (Å²) >= 11 is 0. The molecule has 5 nitrogen and oxygen atoms in total. The van der Waals surface area contributed by atoms with Gasteiger partial charge in [0, 0.05) is 20.2 Å². The first-order valence-corrected chi connectivity index (χ1v) is 5.72. The van der Waals surface area contributed by atoms with E-state index in [-0.39, 0.29) is 36.4 Å². The number of ether oxygens (including phenoxy) is 1. The molecule has 5 heteroatoms. The molecule has 2 rings (SSSR count). The number of rotatable bonds is 3. The van der Waals surface area contributed by atoms with Gasteiger partial charge < -0.3 is 10.1 Å². The van der Waals surface area contributed by atoms with Crippen molar-refractivity contribution < 1.29 is 14.3 Å². The molecule has 16 heavy (non-hydrogen) atoms. The largest absolute Gasteiger partial charge is 0.380 e. The van der Waals surface area contributed by atoms with Crippen molar-refractivity contribution in [3.8, 4) is 0 Å². The van der Waals surface area contributed by atoms with Crippen molar-refractivity contribution in [3.05, 3.63) is 0 Å². The van der Waals surface area contributed by atoms with Crippen molar-refractivity contribution in [2.45, 2.75) is 43.9 Å². The Labute approximate surface area is 95.1 Å². The summed E-state index contributed by atoms with van der Waals surface area (Å²) in [5.74, 6) is -0.221. The van der Waals surface area contributed by atoms with Crippen LogP contribution in [0, 0.1) is 0 Å². The van der Waals surface area contributed by atoms with E-state index < -0.39 is 0 Å². The van der Waals surface area contributed by atoms with Crippen LogP contribution in [0.15, 0.2) is 0 Å². The molecule has 1 aliphatic heterocycles. The lowest BCUT2D eigenvalue weighted by Gasteiger charge is -2.22. The Morgan fingerprint density at radius 3 is 2.69 bits per heavy atom.